The third kappa shape index (κ3) is 2.58. The van der Waals surface area contributed by atoms with Crippen LogP contribution in [0.15, 0.2) is 29.3 Å². The van der Waals surface area contributed by atoms with E-state index in [0.717, 1.165) is 11.3 Å². The topological polar surface area (TPSA) is 38.4 Å². The average molecular weight is 176 g/mol. The number of aryl methyl sites for hydroxylation is 1. The van der Waals surface area contributed by atoms with Crippen LogP contribution in [0.5, 0.6) is 0 Å². The fraction of sp³-hybridized carbons (Fsp3) is 0.364. The molecule has 0 aliphatic rings. The molecule has 70 valence electrons. The lowest BCUT2D eigenvalue weighted by molar-refractivity contribution is 0.872. The molecule has 0 fully saturated rings. The van der Waals surface area contributed by atoms with Crippen LogP contribution >= 0.6 is 0 Å². The third-order valence-corrected chi connectivity index (χ3v) is 1.96. The van der Waals surface area contributed by atoms with E-state index in [4.69, 9.17) is 5.73 Å². The van der Waals surface area contributed by atoms with Crippen molar-refractivity contribution in [2.75, 3.05) is 0 Å². The lowest BCUT2D eigenvalue weighted by Gasteiger charge is -2.05. The van der Waals surface area contributed by atoms with E-state index >= 15 is 0 Å². The van der Waals surface area contributed by atoms with E-state index in [9.17, 15) is 0 Å². The Morgan fingerprint density at radius 3 is 2.46 bits per heavy atom. The number of para-hydroxylation sites is 1. The maximum atomic E-state index is 5.77. The molecule has 2 nitrogen and oxygen atoms in total. The second-order valence-electron chi connectivity index (χ2n) is 3.48. The molecule has 0 unspecified atom stereocenters. The molecule has 0 spiro atoms. The molecule has 1 aromatic rings. The lowest BCUT2D eigenvalue weighted by atomic mass is 10.2. The Labute approximate surface area is 79.5 Å². The number of amidine groups is 1. The summed E-state index contributed by atoms with van der Waals surface area (Å²) in [4.78, 5) is 4.35. The van der Waals surface area contributed by atoms with Gasteiger partial charge in [-0.2, -0.15) is 0 Å². The molecular weight excluding hydrogens is 160 g/mol. The largest absolute Gasteiger partial charge is 0.387 e. The van der Waals surface area contributed by atoms with E-state index in [-0.39, 0.29) is 0 Å². The van der Waals surface area contributed by atoms with Crippen LogP contribution in [-0.4, -0.2) is 5.84 Å². The second kappa shape index (κ2) is 4.08. The molecule has 0 aromatic heterocycles. The Balaban J connectivity index is 2.97. The molecular formula is C11H16N2. The molecule has 2 N–H and O–H groups in total. The standard InChI is InChI=1S/C11H16N2/c1-8(2)11(12)13-10-7-5-4-6-9(10)3/h4-8H,1-3H3,(H2,12,13). The normalized spacial score (nSPS) is 12.2. The van der Waals surface area contributed by atoms with Gasteiger partial charge in [0, 0.05) is 5.92 Å². The van der Waals surface area contributed by atoms with E-state index in [1.54, 1.807) is 0 Å². The van der Waals surface area contributed by atoms with Crippen LogP contribution in [0.1, 0.15) is 19.4 Å². The Morgan fingerprint density at radius 1 is 1.31 bits per heavy atom. The van der Waals surface area contributed by atoms with Gasteiger partial charge in [0.25, 0.3) is 0 Å². The third-order valence-electron chi connectivity index (χ3n) is 1.96. The molecule has 0 saturated carbocycles. The minimum atomic E-state index is 0.305. The van der Waals surface area contributed by atoms with Crippen molar-refractivity contribution >= 4 is 11.5 Å². The zero-order valence-corrected chi connectivity index (χ0v) is 8.41. The van der Waals surface area contributed by atoms with E-state index in [2.05, 4.69) is 4.99 Å². The summed E-state index contributed by atoms with van der Waals surface area (Å²) in [6.07, 6.45) is 0. The molecule has 0 saturated heterocycles. The van der Waals surface area contributed by atoms with Crippen LogP contribution in [-0.2, 0) is 0 Å². The van der Waals surface area contributed by atoms with E-state index in [1.807, 2.05) is 45.0 Å². The minimum absolute atomic E-state index is 0.305. The summed E-state index contributed by atoms with van der Waals surface area (Å²) in [5.41, 5.74) is 7.89. The summed E-state index contributed by atoms with van der Waals surface area (Å²) in [6, 6.07) is 7.98. The van der Waals surface area contributed by atoms with Gasteiger partial charge in [-0.25, -0.2) is 4.99 Å². The number of rotatable bonds is 2. The first-order valence-corrected chi connectivity index (χ1v) is 4.51. The van der Waals surface area contributed by atoms with Crippen LogP contribution in [0, 0.1) is 12.8 Å². The van der Waals surface area contributed by atoms with Crippen LogP contribution in [0.3, 0.4) is 0 Å². The van der Waals surface area contributed by atoms with Gasteiger partial charge in [0.15, 0.2) is 0 Å². The van der Waals surface area contributed by atoms with Crippen molar-refractivity contribution in [1.29, 1.82) is 0 Å². The van der Waals surface area contributed by atoms with E-state index in [0.29, 0.717) is 11.8 Å². The Kier molecular flexibility index (Phi) is 3.07. The zero-order valence-electron chi connectivity index (χ0n) is 8.41. The fourth-order valence-electron chi connectivity index (χ4n) is 0.957. The smallest absolute Gasteiger partial charge is 0.102 e. The summed E-state index contributed by atoms with van der Waals surface area (Å²) in [5, 5.41) is 0. The Morgan fingerprint density at radius 2 is 1.92 bits per heavy atom. The first-order chi connectivity index (χ1) is 6.11. The van der Waals surface area contributed by atoms with Crippen molar-refractivity contribution in [3.05, 3.63) is 29.8 Å². The highest BCUT2D eigenvalue weighted by Crippen LogP contribution is 2.17. The van der Waals surface area contributed by atoms with Crippen molar-refractivity contribution in [2.24, 2.45) is 16.6 Å². The lowest BCUT2D eigenvalue weighted by Crippen LogP contribution is -2.18. The van der Waals surface area contributed by atoms with Crippen molar-refractivity contribution in [3.63, 3.8) is 0 Å². The maximum absolute atomic E-state index is 5.77. The molecule has 1 aromatic carbocycles. The summed E-state index contributed by atoms with van der Waals surface area (Å²) < 4.78 is 0. The van der Waals surface area contributed by atoms with Gasteiger partial charge in [0.1, 0.15) is 5.84 Å². The predicted molar refractivity (Wildman–Crippen MR) is 57.3 cm³/mol. The number of aliphatic imine (C=N–C) groups is 1. The van der Waals surface area contributed by atoms with E-state index < -0.39 is 0 Å². The molecule has 0 aliphatic heterocycles. The quantitative estimate of drug-likeness (QED) is 0.546. The van der Waals surface area contributed by atoms with Gasteiger partial charge in [0.05, 0.1) is 5.69 Å². The van der Waals surface area contributed by atoms with Crippen molar-refractivity contribution < 1.29 is 0 Å². The fourth-order valence-corrected chi connectivity index (χ4v) is 0.957. The van der Waals surface area contributed by atoms with Gasteiger partial charge >= 0.3 is 0 Å². The molecule has 0 bridgehead atoms. The average Bonchev–Trinajstić information content (AvgIpc) is 2.08. The van der Waals surface area contributed by atoms with Gasteiger partial charge in [-0.1, -0.05) is 32.0 Å². The van der Waals surface area contributed by atoms with Crippen LogP contribution in [0.25, 0.3) is 0 Å². The number of hydrogen-bond donors (Lipinski definition) is 1. The number of nitrogens with zero attached hydrogens (tertiary/aromatic N) is 1. The molecule has 1 rings (SSSR count). The van der Waals surface area contributed by atoms with Gasteiger partial charge in [-0.15, -0.1) is 0 Å². The van der Waals surface area contributed by atoms with Crippen molar-refractivity contribution in [2.45, 2.75) is 20.8 Å². The summed E-state index contributed by atoms with van der Waals surface area (Å²) >= 11 is 0. The molecule has 0 radical (unpaired) electrons. The Hall–Kier alpha value is -1.31. The van der Waals surface area contributed by atoms with E-state index in [1.165, 1.54) is 0 Å². The van der Waals surface area contributed by atoms with Gasteiger partial charge in [0.2, 0.25) is 0 Å². The van der Waals surface area contributed by atoms with Crippen molar-refractivity contribution in [1.82, 2.24) is 0 Å². The second-order valence-corrected chi connectivity index (χ2v) is 3.48. The summed E-state index contributed by atoms with van der Waals surface area (Å²) in [7, 11) is 0. The SMILES string of the molecule is Cc1ccccc1N=C(N)C(C)C. The monoisotopic (exact) mass is 176 g/mol. The molecule has 0 amide bonds. The van der Waals surface area contributed by atoms with Crippen molar-refractivity contribution in [3.8, 4) is 0 Å². The highest BCUT2D eigenvalue weighted by Gasteiger charge is 2.00. The first kappa shape index (κ1) is 9.78. The highest BCUT2D eigenvalue weighted by atomic mass is 14.9. The number of benzene rings is 1. The first-order valence-electron chi connectivity index (χ1n) is 4.51. The van der Waals surface area contributed by atoms with Gasteiger partial charge < -0.3 is 5.73 Å². The predicted octanol–water partition coefficient (Wildman–Crippen LogP) is 2.64. The maximum Gasteiger partial charge on any atom is 0.102 e. The molecule has 0 aliphatic carbocycles. The molecule has 0 atom stereocenters. The van der Waals surface area contributed by atoms with Crippen LogP contribution in [0.2, 0.25) is 0 Å². The minimum Gasteiger partial charge on any atom is -0.387 e. The summed E-state index contributed by atoms with van der Waals surface area (Å²) in [6.45, 7) is 6.11. The molecule has 13 heavy (non-hydrogen) atoms. The molecule has 2 heteroatoms. The molecule has 0 heterocycles. The zero-order chi connectivity index (χ0) is 9.84. The number of nitrogens with two attached hydrogens (primary N) is 1. The van der Waals surface area contributed by atoms with Gasteiger partial charge in [-0.3, -0.25) is 0 Å². The van der Waals surface area contributed by atoms with Crippen LogP contribution < -0.4 is 5.73 Å². The van der Waals surface area contributed by atoms with Gasteiger partial charge in [-0.05, 0) is 18.6 Å². The summed E-state index contributed by atoms with van der Waals surface area (Å²) in [5.74, 6) is 0.994. The Bertz CT molecular complexity index is 314. The van der Waals surface area contributed by atoms with Crippen LogP contribution in [0.4, 0.5) is 5.69 Å². The highest BCUT2D eigenvalue weighted by molar-refractivity contribution is 5.85. The number of hydrogen-bond acceptors (Lipinski definition) is 1.